The molecule has 3 rings (SSSR count). The van der Waals surface area contributed by atoms with Gasteiger partial charge in [0.15, 0.2) is 0 Å². The van der Waals surface area contributed by atoms with Gasteiger partial charge in [0, 0.05) is 11.2 Å². The molecule has 0 spiro atoms. The molecule has 1 aliphatic heterocycles. The molecular weight excluding hydrogens is 286 g/mol. The van der Waals surface area contributed by atoms with Gasteiger partial charge < -0.3 is 9.31 Å². The van der Waals surface area contributed by atoms with Crippen molar-refractivity contribution in [2.45, 2.75) is 38.9 Å². The Hall–Kier alpha value is -1.30. The Kier molecular flexibility index (Phi) is 3.39. The summed E-state index contributed by atoms with van der Waals surface area (Å²) in [5.41, 5.74) is 0.996. The van der Waals surface area contributed by atoms with Gasteiger partial charge in [-0.05, 0) is 52.0 Å². The quantitative estimate of drug-likeness (QED) is 0.801. The van der Waals surface area contributed by atoms with Crippen LogP contribution < -0.4 is 5.59 Å². The number of rotatable bonds is 2. The summed E-state index contributed by atoms with van der Waals surface area (Å²) in [7, 11) is -0.448. The maximum atomic E-state index is 6.08. The van der Waals surface area contributed by atoms with E-state index in [9.17, 15) is 0 Å². The topological polar surface area (TPSA) is 36.3 Å². The highest BCUT2D eigenvalue weighted by Gasteiger charge is 2.52. The van der Waals surface area contributed by atoms with Crippen LogP contribution in [0.2, 0.25) is 5.02 Å². The second kappa shape index (κ2) is 4.87. The lowest BCUT2D eigenvalue weighted by Crippen LogP contribution is -2.41. The van der Waals surface area contributed by atoms with Crippen LogP contribution in [0, 0.1) is 0 Å². The van der Waals surface area contributed by atoms with E-state index in [0.29, 0.717) is 5.02 Å². The van der Waals surface area contributed by atoms with E-state index in [0.717, 1.165) is 11.3 Å². The minimum atomic E-state index is -0.448. The molecule has 0 atom stereocenters. The van der Waals surface area contributed by atoms with E-state index in [1.165, 1.54) is 0 Å². The van der Waals surface area contributed by atoms with Crippen molar-refractivity contribution in [2.24, 2.45) is 0 Å². The molecule has 4 nitrogen and oxygen atoms in total. The van der Waals surface area contributed by atoms with Crippen molar-refractivity contribution in [3.8, 4) is 5.69 Å². The Balaban J connectivity index is 1.98. The Bertz CT molecular complexity index is 653. The molecule has 0 bridgehead atoms. The Labute approximate surface area is 130 Å². The molecule has 1 saturated heterocycles. The largest absolute Gasteiger partial charge is 0.514 e. The van der Waals surface area contributed by atoms with Crippen LogP contribution in [0.5, 0.6) is 0 Å². The van der Waals surface area contributed by atoms with Crippen LogP contribution >= 0.6 is 11.6 Å². The SMILES string of the molecule is CC1(C)OB(c2ccnn2-c2cccc(Cl)c2)OC1(C)C. The highest BCUT2D eigenvalue weighted by molar-refractivity contribution is 6.61. The van der Waals surface area contributed by atoms with Crippen molar-refractivity contribution < 1.29 is 9.31 Å². The molecule has 0 unspecified atom stereocenters. The zero-order valence-electron chi connectivity index (χ0n) is 12.6. The van der Waals surface area contributed by atoms with Crippen molar-refractivity contribution in [1.82, 2.24) is 9.78 Å². The standard InChI is InChI=1S/C15H18BClN2O2/c1-14(2)15(3,4)21-16(20-14)13-8-9-18-19(13)12-7-5-6-11(17)10-12/h5-10H,1-4H3. The number of benzene rings is 1. The molecule has 0 aliphatic carbocycles. The van der Waals surface area contributed by atoms with Gasteiger partial charge in [0.25, 0.3) is 0 Å². The molecule has 0 N–H and O–H groups in total. The summed E-state index contributed by atoms with van der Waals surface area (Å²) in [6.07, 6.45) is 1.74. The van der Waals surface area contributed by atoms with Gasteiger partial charge in [-0.15, -0.1) is 0 Å². The summed E-state index contributed by atoms with van der Waals surface area (Å²) in [5, 5.41) is 5.03. The van der Waals surface area contributed by atoms with Crippen molar-refractivity contribution in [1.29, 1.82) is 0 Å². The average Bonchev–Trinajstić information content (AvgIpc) is 2.93. The van der Waals surface area contributed by atoms with Gasteiger partial charge in [-0.3, -0.25) is 0 Å². The first-order valence-electron chi connectivity index (χ1n) is 6.96. The molecular formula is C15H18BClN2O2. The Morgan fingerprint density at radius 2 is 1.76 bits per heavy atom. The minimum Gasteiger partial charge on any atom is -0.398 e. The normalized spacial score (nSPS) is 20.0. The average molecular weight is 305 g/mol. The highest BCUT2D eigenvalue weighted by atomic mass is 35.5. The maximum absolute atomic E-state index is 6.08. The molecule has 2 aromatic rings. The van der Waals surface area contributed by atoms with Gasteiger partial charge in [-0.2, -0.15) is 5.10 Å². The zero-order chi connectivity index (χ0) is 15.3. The van der Waals surface area contributed by atoms with E-state index in [1.807, 2.05) is 58.0 Å². The monoisotopic (exact) mass is 304 g/mol. The molecule has 1 aromatic heterocycles. The summed E-state index contributed by atoms with van der Waals surface area (Å²) in [6, 6.07) is 9.45. The number of hydrogen-bond acceptors (Lipinski definition) is 3. The van der Waals surface area contributed by atoms with E-state index >= 15 is 0 Å². The molecule has 6 heteroatoms. The fraction of sp³-hybridized carbons (Fsp3) is 0.400. The first-order valence-corrected chi connectivity index (χ1v) is 7.33. The lowest BCUT2D eigenvalue weighted by atomic mass is 9.84. The summed E-state index contributed by atoms with van der Waals surface area (Å²) in [4.78, 5) is 0. The second-order valence-electron chi connectivity index (χ2n) is 6.24. The van der Waals surface area contributed by atoms with Gasteiger partial charge >= 0.3 is 7.12 Å². The number of nitrogens with zero attached hydrogens (tertiary/aromatic N) is 2. The predicted octanol–water partition coefficient (Wildman–Crippen LogP) is 2.82. The number of aromatic nitrogens is 2. The maximum Gasteiger partial charge on any atom is 0.514 e. The van der Waals surface area contributed by atoms with Gasteiger partial charge in [0.05, 0.1) is 22.5 Å². The molecule has 21 heavy (non-hydrogen) atoms. The summed E-state index contributed by atoms with van der Waals surface area (Å²) >= 11 is 6.06. The first kappa shape index (κ1) is 14.6. The van der Waals surface area contributed by atoms with Crippen molar-refractivity contribution >= 4 is 24.3 Å². The van der Waals surface area contributed by atoms with Gasteiger partial charge in [-0.25, -0.2) is 4.68 Å². The van der Waals surface area contributed by atoms with E-state index in [2.05, 4.69) is 5.10 Å². The summed E-state index contributed by atoms with van der Waals surface area (Å²) in [5.74, 6) is 0. The van der Waals surface area contributed by atoms with Crippen LogP contribution in [0.4, 0.5) is 0 Å². The van der Waals surface area contributed by atoms with E-state index in [-0.39, 0.29) is 11.2 Å². The number of halogens is 1. The molecule has 1 fully saturated rings. The highest BCUT2D eigenvalue weighted by Crippen LogP contribution is 2.36. The molecule has 0 amide bonds. The van der Waals surface area contributed by atoms with Crippen molar-refractivity contribution in [2.75, 3.05) is 0 Å². The molecule has 2 heterocycles. The minimum absolute atomic E-state index is 0.374. The summed E-state index contributed by atoms with van der Waals surface area (Å²) in [6.45, 7) is 8.14. The van der Waals surface area contributed by atoms with Crippen LogP contribution in [0.25, 0.3) is 5.69 Å². The summed E-state index contributed by atoms with van der Waals surface area (Å²) < 4.78 is 14.0. The third-order valence-electron chi connectivity index (χ3n) is 4.22. The lowest BCUT2D eigenvalue weighted by Gasteiger charge is -2.32. The third-order valence-corrected chi connectivity index (χ3v) is 4.45. The lowest BCUT2D eigenvalue weighted by molar-refractivity contribution is 0.00578. The predicted molar refractivity (Wildman–Crippen MR) is 84.3 cm³/mol. The molecule has 1 aliphatic rings. The van der Waals surface area contributed by atoms with E-state index in [1.54, 1.807) is 10.9 Å². The van der Waals surface area contributed by atoms with Crippen molar-refractivity contribution in [3.05, 3.63) is 41.6 Å². The van der Waals surface area contributed by atoms with E-state index in [4.69, 9.17) is 20.9 Å². The smallest absolute Gasteiger partial charge is 0.398 e. The van der Waals surface area contributed by atoms with Crippen LogP contribution in [-0.4, -0.2) is 28.1 Å². The van der Waals surface area contributed by atoms with E-state index < -0.39 is 7.12 Å². The Morgan fingerprint density at radius 3 is 2.38 bits per heavy atom. The van der Waals surface area contributed by atoms with Crippen LogP contribution in [-0.2, 0) is 9.31 Å². The van der Waals surface area contributed by atoms with Crippen LogP contribution in [0.3, 0.4) is 0 Å². The molecule has 110 valence electrons. The fourth-order valence-corrected chi connectivity index (χ4v) is 2.46. The first-order chi connectivity index (χ1) is 9.80. The third kappa shape index (κ3) is 2.50. The molecule has 1 aromatic carbocycles. The van der Waals surface area contributed by atoms with Crippen LogP contribution in [0.1, 0.15) is 27.7 Å². The Morgan fingerprint density at radius 1 is 1.10 bits per heavy atom. The number of hydrogen-bond donors (Lipinski definition) is 0. The fourth-order valence-electron chi connectivity index (χ4n) is 2.28. The molecule has 0 saturated carbocycles. The van der Waals surface area contributed by atoms with Gasteiger partial charge in [-0.1, -0.05) is 17.7 Å². The second-order valence-corrected chi connectivity index (χ2v) is 6.67. The zero-order valence-corrected chi connectivity index (χ0v) is 13.4. The van der Waals surface area contributed by atoms with Crippen molar-refractivity contribution in [3.63, 3.8) is 0 Å². The molecule has 0 radical (unpaired) electrons. The van der Waals surface area contributed by atoms with Gasteiger partial charge in [0.1, 0.15) is 0 Å². The van der Waals surface area contributed by atoms with Gasteiger partial charge in [0.2, 0.25) is 0 Å². The van der Waals surface area contributed by atoms with Crippen LogP contribution in [0.15, 0.2) is 36.5 Å².